The Kier molecular flexibility index (Phi) is 1.96. The van der Waals surface area contributed by atoms with Crippen molar-refractivity contribution in [1.29, 1.82) is 0 Å². The summed E-state index contributed by atoms with van der Waals surface area (Å²) in [4.78, 5) is 11.2. The molecule has 0 bridgehead atoms. The summed E-state index contributed by atoms with van der Waals surface area (Å²) < 4.78 is 0. The summed E-state index contributed by atoms with van der Waals surface area (Å²) in [7, 11) is 0. The van der Waals surface area contributed by atoms with Gasteiger partial charge in [0, 0.05) is 17.0 Å². The van der Waals surface area contributed by atoms with Crippen LogP contribution in [0.4, 0.5) is 0 Å². The van der Waals surface area contributed by atoms with E-state index in [0.29, 0.717) is 11.5 Å². The summed E-state index contributed by atoms with van der Waals surface area (Å²) >= 11 is 0. The van der Waals surface area contributed by atoms with Gasteiger partial charge in [-0.3, -0.25) is 5.10 Å². The lowest BCUT2D eigenvalue weighted by Crippen LogP contribution is -2.10. The maximum absolute atomic E-state index is 11.2. The van der Waals surface area contributed by atoms with E-state index in [0.717, 1.165) is 29.4 Å². The summed E-state index contributed by atoms with van der Waals surface area (Å²) in [5.74, 6) is -0.418. The van der Waals surface area contributed by atoms with Gasteiger partial charge in [0.05, 0.1) is 11.1 Å². The molecule has 1 aromatic carbocycles. The van der Waals surface area contributed by atoms with Crippen LogP contribution in [-0.2, 0) is 0 Å². The average molecular weight is 216 g/mol. The lowest BCUT2D eigenvalue weighted by atomic mass is 9.81. The number of carboxylic acid groups (broad SMARTS) is 1. The molecule has 2 aromatic rings. The van der Waals surface area contributed by atoms with E-state index in [2.05, 4.69) is 10.2 Å². The first kappa shape index (κ1) is 9.39. The van der Waals surface area contributed by atoms with Gasteiger partial charge < -0.3 is 5.11 Å². The highest BCUT2D eigenvalue weighted by Crippen LogP contribution is 2.39. The molecule has 0 aliphatic heterocycles. The van der Waals surface area contributed by atoms with Crippen LogP contribution in [0.1, 0.15) is 41.2 Å². The van der Waals surface area contributed by atoms with Crippen molar-refractivity contribution in [2.75, 3.05) is 0 Å². The fourth-order valence-electron chi connectivity index (χ4n) is 2.26. The quantitative estimate of drug-likeness (QED) is 0.810. The van der Waals surface area contributed by atoms with Crippen LogP contribution >= 0.6 is 0 Å². The van der Waals surface area contributed by atoms with Gasteiger partial charge >= 0.3 is 5.97 Å². The number of aromatic amines is 1. The van der Waals surface area contributed by atoms with E-state index in [1.54, 1.807) is 12.1 Å². The molecule has 4 heteroatoms. The second-order valence-electron chi connectivity index (χ2n) is 4.27. The van der Waals surface area contributed by atoms with Gasteiger partial charge in [-0.25, -0.2) is 4.79 Å². The van der Waals surface area contributed by atoms with Gasteiger partial charge in [0.15, 0.2) is 0 Å². The van der Waals surface area contributed by atoms with Gasteiger partial charge in [-0.2, -0.15) is 5.10 Å². The number of aromatic nitrogens is 2. The molecule has 0 amide bonds. The summed E-state index contributed by atoms with van der Waals surface area (Å²) in [6, 6.07) is 5.22. The molecular weight excluding hydrogens is 204 g/mol. The first-order valence-electron chi connectivity index (χ1n) is 5.47. The van der Waals surface area contributed by atoms with E-state index in [1.165, 1.54) is 6.42 Å². The van der Waals surface area contributed by atoms with E-state index in [4.69, 9.17) is 5.11 Å². The molecule has 1 fully saturated rings. The highest BCUT2D eigenvalue weighted by atomic mass is 16.4. The van der Waals surface area contributed by atoms with Crippen LogP contribution < -0.4 is 0 Å². The van der Waals surface area contributed by atoms with Crippen molar-refractivity contribution in [2.24, 2.45) is 0 Å². The number of carboxylic acids is 1. The van der Waals surface area contributed by atoms with E-state index in [9.17, 15) is 4.79 Å². The molecule has 0 saturated heterocycles. The Morgan fingerprint density at radius 1 is 1.44 bits per heavy atom. The highest BCUT2D eigenvalue weighted by Gasteiger charge is 2.25. The lowest BCUT2D eigenvalue weighted by Gasteiger charge is -2.24. The SMILES string of the molecule is O=C(O)c1cccc2n[nH]c(C3CCC3)c12. The predicted molar refractivity (Wildman–Crippen MR) is 59.6 cm³/mol. The topological polar surface area (TPSA) is 66.0 Å². The highest BCUT2D eigenvalue weighted by molar-refractivity contribution is 6.03. The molecular formula is C12H12N2O2. The maximum atomic E-state index is 11.2. The Morgan fingerprint density at radius 3 is 2.88 bits per heavy atom. The third-order valence-electron chi connectivity index (χ3n) is 3.35. The molecule has 2 N–H and O–H groups in total. The van der Waals surface area contributed by atoms with E-state index in [1.807, 2.05) is 6.07 Å². The number of aromatic carboxylic acids is 1. The minimum absolute atomic E-state index is 0.355. The molecule has 1 heterocycles. The standard InChI is InChI=1S/C12H12N2O2/c15-12(16)8-5-2-6-9-10(8)11(14-13-9)7-3-1-4-7/h2,5-7H,1,3-4H2,(H,13,14)(H,15,16). The third-order valence-corrected chi connectivity index (χ3v) is 3.35. The zero-order valence-corrected chi connectivity index (χ0v) is 8.73. The molecule has 4 nitrogen and oxygen atoms in total. The Balaban J connectivity index is 2.25. The number of H-pyrrole nitrogens is 1. The molecule has 1 saturated carbocycles. The zero-order chi connectivity index (χ0) is 11.1. The van der Waals surface area contributed by atoms with E-state index < -0.39 is 5.97 Å². The molecule has 82 valence electrons. The van der Waals surface area contributed by atoms with Crippen molar-refractivity contribution in [1.82, 2.24) is 10.2 Å². The number of carbonyl (C=O) groups is 1. The molecule has 1 aromatic heterocycles. The Bertz CT molecular complexity index is 555. The third kappa shape index (κ3) is 1.23. The normalized spacial score (nSPS) is 16.2. The molecule has 0 spiro atoms. The fourth-order valence-corrected chi connectivity index (χ4v) is 2.26. The lowest BCUT2D eigenvalue weighted by molar-refractivity contribution is 0.0699. The van der Waals surface area contributed by atoms with Crippen LogP contribution in [0.15, 0.2) is 18.2 Å². The summed E-state index contributed by atoms with van der Waals surface area (Å²) in [5.41, 5.74) is 2.11. The van der Waals surface area contributed by atoms with Crippen LogP contribution in [0.5, 0.6) is 0 Å². The van der Waals surface area contributed by atoms with Crippen molar-refractivity contribution in [3.05, 3.63) is 29.5 Å². The van der Waals surface area contributed by atoms with E-state index in [-0.39, 0.29) is 0 Å². The molecule has 3 rings (SSSR count). The molecule has 0 unspecified atom stereocenters. The first-order chi connectivity index (χ1) is 7.77. The number of nitrogens with one attached hydrogen (secondary N) is 1. The fraction of sp³-hybridized carbons (Fsp3) is 0.333. The van der Waals surface area contributed by atoms with Crippen LogP contribution in [0.2, 0.25) is 0 Å². The maximum Gasteiger partial charge on any atom is 0.336 e. The average Bonchev–Trinajstić information content (AvgIpc) is 2.59. The minimum atomic E-state index is -0.882. The monoisotopic (exact) mass is 216 g/mol. The smallest absolute Gasteiger partial charge is 0.336 e. The summed E-state index contributed by atoms with van der Waals surface area (Å²) in [6.07, 6.45) is 3.48. The van der Waals surface area contributed by atoms with Crippen molar-refractivity contribution in [3.8, 4) is 0 Å². The van der Waals surface area contributed by atoms with Crippen molar-refractivity contribution in [2.45, 2.75) is 25.2 Å². The number of nitrogens with zero attached hydrogens (tertiary/aromatic N) is 1. The van der Waals surface area contributed by atoms with Gasteiger partial charge in [-0.1, -0.05) is 12.5 Å². The van der Waals surface area contributed by atoms with Crippen LogP contribution in [0.3, 0.4) is 0 Å². The number of hydrogen-bond donors (Lipinski definition) is 2. The second-order valence-corrected chi connectivity index (χ2v) is 4.27. The van der Waals surface area contributed by atoms with Gasteiger partial charge in [0.1, 0.15) is 0 Å². The number of benzene rings is 1. The number of hydrogen-bond acceptors (Lipinski definition) is 2. The number of rotatable bonds is 2. The van der Waals surface area contributed by atoms with Crippen LogP contribution in [0, 0.1) is 0 Å². The second kappa shape index (κ2) is 3.33. The van der Waals surface area contributed by atoms with Crippen LogP contribution in [0.25, 0.3) is 10.9 Å². The molecule has 1 aliphatic carbocycles. The van der Waals surface area contributed by atoms with Gasteiger partial charge in [0.25, 0.3) is 0 Å². The van der Waals surface area contributed by atoms with Crippen molar-refractivity contribution >= 4 is 16.9 Å². The zero-order valence-electron chi connectivity index (χ0n) is 8.73. The van der Waals surface area contributed by atoms with Crippen LogP contribution in [-0.4, -0.2) is 21.3 Å². The van der Waals surface area contributed by atoms with Crippen molar-refractivity contribution in [3.63, 3.8) is 0 Å². The minimum Gasteiger partial charge on any atom is -0.478 e. The molecule has 1 aliphatic rings. The Labute approximate surface area is 92.3 Å². The van der Waals surface area contributed by atoms with Gasteiger partial charge in [-0.15, -0.1) is 0 Å². The summed E-state index contributed by atoms with van der Waals surface area (Å²) in [5, 5.41) is 17.1. The first-order valence-corrected chi connectivity index (χ1v) is 5.47. The number of fused-ring (bicyclic) bond motifs is 1. The van der Waals surface area contributed by atoms with E-state index >= 15 is 0 Å². The predicted octanol–water partition coefficient (Wildman–Crippen LogP) is 2.53. The molecule has 0 radical (unpaired) electrons. The summed E-state index contributed by atoms with van der Waals surface area (Å²) in [6.45, 7) is 0. The molecule has 16 heavy (non-hydrogen) atoms. The molecule has 0 atom stereocenters. The largest absolute Gasteiger partial charge is 0.478 e. The Morgan fingerprint density at radius 2 is 2.25 bits per heavy atom. The van der Waals surface area contributed by atoms with Gasteiger partial charge in [0.2, 0.25) is 0 Å². The Hall–Kier alpha value is -1.84. The van der Waals surface area contributed by atoms with Crippen molar-refractivity contribution < 1.29 is 9.90 Å². The van der Waals surface area contributed by atoms with Gasteiger partial charge in [-0.05, 0) is 25.0 Å².